The van der Waals surface area contributed by atoms with Gasteiger partial charge >= 0.3 is 0 Å². The lowest BCUT2D eigenvalue weighted by molar-refractivity contribution is 0.389. The molecule has 0 aliphatic heterocycles. The van der Waals surface area contributed by atoms with Crippen molar-refractivity contribution in [3.05, 3.63) is 47.5 Å². The Balaban J connectivity index is 1.75. The zero-order chi connectivity index (χ0) is 18.8. The summed E-state index contributed by atoms with van der Waals surface area (Å²) in [5.74, 6) is 3.28. The smallest absolute Gasteiger partial charge is 0.125 e. The van der Waals surface area contributed by atoms with E-state index < -0.39 is 0 Å². The van der Waals surface area contributed by atoms with E-state index in [-0.39, 0.29) is 0 Å². The molecule has 6 nitrogen and oxygen atoms in total. The molecule has 26 heavy (non-hydrogen) atoms. The first kappa shape index (κ1) is 19.9. The van der Waals surface area contributed by atoms with Gasteiger partial charge in [0, 0.05) is 25.2 Å². The summed E-state index contributed by atoms with van der Waals surface area (Å²) in [6, 6.07) is 11.8. The van der Waals surface area contributed by atoms with Gasteiger partial charge < -0.3 is 18.9 Å². The summed E-state index contributed by atoms with van der Waals surface area (Å²) < 4.78 is 21.3. The number of benzene rings is 2. The van der Waals surface area contributed by atoms with E-state index in [1.54, 1.807) is 28.4 Å². The van der Waals surface area contributed by atoms with Gasteiger partial charge in [-0.05, 0) is 36.1 Å². The molecule has 0 aromatic heterocycles. The number of nitrogens with one attached hydrogen (secondary N) is 2. The molecule has 0 atom stereocenters. The fourth-order valence-corrected chi connectivity index (χ4v) is 2.69. The van der Waals surface area contributed by atoms with Gasteiger partial charge in [0.2, 0.25) is 0 Å². The third-order valence-corrected chi connectivity index (χ3v) is 4.15. The van der Waals surface area contributed by atoms with Crippen LogP contribution in [0.5, 0.6) is 23.0 Å². The van der Waals surface area contributed by atoms with E-state index in [2.05, 4.69) is 10.9 Å². The summed E-state index contributed by atoms with van der Waals surface area (Å²) in [5.41, 5.74) is 8.76. The SMILES string of the molecule is COc1ccc(CCNNCCc2ccc(OC)cc2OC)c(OC)c1. The standard InChI is InChI=1S/C20H28N2O4/c1-23-17-7-5-15(19(13-17)25-3)9-11-21-22-12-10-16-6-8-18(24-2)14-20(16)26-4/h5-8,13-14,21-22H,9-12H2,1-4H3. The Kier molecular flexibility index (Phi) is 8.05. The van der Waals surface area contributed by atoms with Crippen molar-refractivity contribution in [2.75, 3.05) is 41.5 Å². The van der Waals surface area contributed by atoms with Crippen LogP contribution in [0.1, 0.15) is 11.1 Å². The third-order valence-electron chi connectivity index (χ3n) is 4.15. The van der Waals surface area contributed by atoms with E-state index in [1.807, 2.05) is 36.4 Å². The van der Waals surface area contributed by atoms with E-state index in [0.29, 0.717) is 0 Å². The van der Waals surface area contributed by atoms with Gasteiger partial charge in [0.25, 0.3) is 0 Å². The Morgan fingerprint density at radius 3 is 1.38 bits per heavy atom. The Morgan fingerprint density at radius 2 is 1.04 bits per heavy atom. The highest BCUT2D eigenvalue weighted by Gasteiger charge is 2.06. The van der Waals surface area contributed by atoms with Crippen molar-refractivity contribution in [3.63, 3.8) is 0 Å². The highest BCUT2D eigenvalue weighted by atomic mass is 16.5. The maximum atomic E-state index is 5.42. The minimum absolute atomic E-state index is 0.794. The van der Waals surface area contributed by atoms with Crippen LogP contribution in [0.25, 0.3) is 0 Å². The van der Waals surface area contributed by atoms with Gasteiger partial charge in [-0.1, -0.05) is 12.1 Å². The number of hydrazine groups is 1. The molecule has 142 valence electrons. The topological polar surface area (TPSA) is 61.0 Å². The molecule has 0 bridgehead atoms. The van der Waals surface area contributed by atoms with Gasteiger partial charge in [-0.25, -0.2) is 0 Å². The molecule has 2 rings (SSSR count). The molecular weight excluding hydrogens is 332 g/mol. The lowest BCUT2D eigenvalue weighted by atomic mass is 10.1. The Labute approximate surface area is 155 Å². The fraction of sp³-hybridized carbons (Fsp3) is 0.400. The summed E-state index contributed by atoms with van der Waals surface area (Å²) in [6.07, 6.45) is 1.71. The number of hydrogen-bond acceptors (Lipinski definition) is 6. The Hall–Kier alpha value is -2.44. The monoisotopic (exact) mass is 360 g/mol. The molecule has 0 saturated heterocycles. The van der Waals surface area contributed by atoms with Crippen LogP contribution in [-0.4, -0.2) is 41.5 Å². The van der Waals surface area contributed by atoms with Crippen LogP contribution in [0.15, 0.2) is 36.4 Å². The minimum atomic E-state index is 0.794. The average molecular weight is 360 g/mol. The van der Waals surface area contributed by atoms with Crippen LogP contribution < -0.4 is 29.8 Å². The van der Waals surface area contributed by atoms with E-state index in [9.17, 15) is 0 Å². The molecule has 2 N–H and O–H groups in total. The zero-order valence-electron chi connectivity index (χ0n) is 15.9. The van der Waals surface area contributed by atoms with Crippen LogP contribution in [0.3, 0.4) is 0 Å². The molecule has 0 amide bonds. The van der Waals surface area contributed by atoms with Crippen LogP contribution in [0.2, 0.25) is 0 Å². The van der Waals surface area contributed by atoms with Crippen LogP contribution >= 0.6 is 0 Å². The molecule has 0 saturated carbocycles. The highest BCUT2D eigenvalue weighted by molar-refractivity contribution is 5.41. The lowest BCUT2D eigenvalue weighted by Crippen LogP contribution is -2.35. The molecule has 0 fully saturated rings. The normalized spacial score (nSPS) is 10.5. The van der Waals surface area contributed by atoms with E-state index >= 15 is 0 Å². The van der Waals surface area contributed by atoms with E-state index in [0.717, 1.165) is 60.1 Å². The fourth-order valence-electron chi connectivity index (χ4n) is 2.69. The number of methoxy groups -OCH3 is 4. The van der Waals surface area contributed by atoms with Crippen LogP contribution in [0, 0.1) is 0 Å². The highest BCUT2D eigenvalue weighted by Crippen LogP contribution is 2.25. The van der Waals surface area contributed by atoms with E-state index in [1.165, 1.54) is 0 Å². The quantitative estimate of drug-likeness (QED) is 0.474. The number of ether oxygens (including phenoxy) is 4. The molecule has 0 aliphatic rings. The number of hydrogen-bond donors (Lipinski definition) is 2. The first-order valence-corrected chi connectivity index (χ1v) is 8.59. The van der Waals surface area contributed by atoms with E-state index in [4.69, 9.17) is 18.9 Å². The van der Waals surface area contributed by atoms with Crippen LogP contribution in [-0.2, 0) is 12.8 Å². The van der Waals surface area contributed by atoms with Crippen molar-refractivity contribution < 1.29 is 18.9 Å². The first-order chi connectivity index (χ1) is 12.7. The van der Waals surface area contributed by atoms with Crippen molar-refractivity contribution in [2.24, 2.45) is 0 Å². The second-order valence-corrected chi connectivity index (χ2v) is 5.71. The molecule has 0 spiro atoms. The molecular formula is C20H28N2O4. The van der Waals surface area contributed by atoms with Crippen molar-refractivity contribution in [1.29, 1.82) is 0 Å². The second-order valence-electron chi connectivity index (χ2n) is 5.71. The van der Waals surface area contributed by atoms with Gasteiger partial charge in [-0.2, -0.15) is 0 Å². The maximum Gasteiger partial charge on any atom is 0.125 e. The van der Waals surface area contributed by atoms with Crippen molar-refractivity contribution in [3.8, 4) is 23.0 Å². The second kappa shape index (κ2) is 10.5. The Bertz CT molecular complexity index is 632. The summed E-state index contributed by atoms with van der Waals surface area (Å²) in [4.78, 5) is 0. The molecule has 0 unspecified atom stereocenters. The predicted molar refractivity (Wildman–Crippen MR) is 103 cm³/mol. The summed E-state index contributed by atoms with van der Waals surface area (Å²) in [6.45, 7) is 1.59. The van der Waals surface area contributed by atoms with Crippen molar-refractivity contribution in [2.45, 2.75) is 12.8 Å². The molecule has 6 heteroatoms. The minimum Gasteiger partial charge on any atom is -0.497 e. The van der Waals surface area contributed by atoms with Gasteiger partial charge in [0.1, 0.15) is 23.0 Å². The Morgan fingerprint density at radius 1 is 0.615 bits per heavy atom. The first-order valence-electron chi connectivity index (χ1n) is 8.59. The molecule has 0 heterocycles. The largest absolute Gasteiger partial charge is 0.497 e. The molecule has 2 aromatic carbocycles. The van der Waals surface area contributed by atoms with Gasteiger partial charge in [-0.3, -0.25) is 10.9 Å². The van der Waals surface area contributed by atoms with Crippen LogP contribution in [0.4, 0.5) is 0 Å². The molecule has 2 aromatic rings. The maximum absolute atomic E-state index is 5.42. The number of rotatable bonds is 11. The van der Waals surface area contributed by atoms with Gasteiger partial charge in [-0.15, -0.1) is 0 Å². The summed E-state index contributed by atoms with van der Waals surface area (Å²) in [5, 5.41) is 0. The molecule has 0 radical (unpaired) electrons. The predicted octanol–water partition coefficient (Wildman–Crippen LogP) is 2.60. The van der Waals surface area contributed by atoms with Gasteiger partial charge in [0.15, 0.2) is 0 Å². The van der Waals surface area contributed by atoms with Gasteiger partial charge in [0.05, 0.1) is 28.4 Å². The van der Waals surface area contributed by atoms with Crippen molar-refractivity contribution in [1.82, 2.24) is 10.9 Å². The summed E-state index contributed by atoms with van der Waals surface area (Å²) >= 11 is 0. The third kappa shape index (κ3) is 5.54. The molecule has 0 aliphatic carbocycles. The zero-order valence-corrected chi connectivity index (χ0v) is 15.9. The average Bonchev–Trinajstić information content (AvgIpc) is 2.70. The summed E-state index contributed by atoms with van der Waals surface area (Å²) in [7, 11) is 6.65. The van der Waals surface area contributed by atoms with Crippen molar-refractivity contribution >= 4 is 0 Å². The lowest BCUT2D eigenvalue weighted by Gasteiger charge is -2.13.